The van der Waals surface area contributed by atoms with Gasteiger partial charge in [-0.25, -0.2) is 13.9 Å². The topological polar surface area (TPSA) is 89.2 Å². The van der Waals surface area contributed by atoms with Crippen molar-refractivity contribution in [2.24, 2.45) is 7.05 Å². The lowest BCUT2D eigenvalue weighted by atomic mass is 9.94. The van der Waals surface area contributed by atoms with Crippen molar-refractivity contribution < 1.29 is 13.9 Å². The number of aromatic nitrogens is 4. The van der Waals surface area contributed by atoms with Crippen molar-refractivity contribution >= 4 is 23.4 Å². The molecule has 2 N–H and O–H groups in total. The Hall–Kier alpha value is -3.73. The summed E-state index contributed by atoms with van der Waals surface area (Å²) in [5, 5.41) is 15.6. The van der Waals surface area contributed by atoms with Gasteiger partial charge in [-0.05, 0) is 42.8 Å². The number of amides is 2. The normalized spacial score (nSPS) is 17.5. The first-order valence-corrected chi connectivity index (χ1v) is 13.1. The third-order valence-corrected chi connectivity index (χ3v) is 7.19. The van der Waals surface area contributed by atoms with Gasteiger partial charge < -0.3 is 10.1 Å². The van der Waals surface area contributed by atoms with Crippen LogP contribution < -0.4 is 10.6 Å². The fourth-order valence-electron chi connectivity index (χ4n) is 5.09. The van der Waals surface area contributed by atoms with Crippen LogP contribution in [-0.4, -0.2) is 69.9 Å². The molecule has 1 aliphatic rings. The Morgan fingerprint density at radius 2 is 2.00 bits per heavy atom. The molecule has 2 aromatic carbocycles. The zero-order valence-corrected chi connectivity index (χ0v) is 22.8. The zero-order chi connectivity index (χ0) is 27.5. The molecule has 2 aromatic heterocycles. The van der Waals surface area contributed by atoms with Crippen LogP contribution in [0.1, 0.15) is 17.0 Å². The minimum atomic E-state index is -0.402. The maximum Gasteiger partial charge on any atom is 0.320 e. The minimum absolute atomic E-state index is 0.146. The van der Waals surface area contributed by atoms with Gasteiger partial charge >= 0.3 is 6.03 Å². The molecule has 3 heterocycles. The molecule has 0 bridgehead atoms. The van der Waals surface area contributed by atoms with Crippen molar-refractivity contribution in [1.82, 2.24) is 29.8 Å². The van der Waals surface area contributed by atoms with Gasteiger partial charge in [-0.3, -0.25) is 14.9 Å². The molecule has 11 heteroatoms. The Balaban J connectivity index is 1.42. The largest absolute Gasteiger partial charge is 0.383 e. The van der Waals surface area contributed by atoms with Gasteiger partial charge in [0.2, 0.25) is 0 Å². The van der Waals surface area contributed by atoms with Crippen LogP contribution >= 0.6 is 11.6 Å². The number of aryl methyl sites for hydroxylation is 1. The van der Waals surface area contributed by atoms with Gasteiger partial charge in [-0.2, -0.15) is 10.2 Å². The lowest BCUT2D eigenvalue weighted by Crippen LogP contribution is -2.42. The highest BCUT2D eigenvalue weighted by Crippen LogP contribution is 2.32. The van der Waals surface area contributed by atoms with E-state index in [-0.39, 0.29) is 18.0 Å². The molecular weight excluding hydrogens is 521 g/mol. The lowest BCUT2D eigenvalue weighted by Gasteiger charge is -2.21. The predicted octanol–water partition coefficient (Wildman–Crippen LogP) is 4.61. The van der Waals surface area contributed by atoms with Gasteiger partial charge in [-0.1, -0.05) is 29.8 Å². The molecule has 5 rings (SSSR count). The Morgan fingerprint density at radius 1 is 1.21 bits per heavy atom. The molecule has 0 spiro atoms. The molecule has 39 heavy (non-hydrogen) atoms. The molecular formula is C28H31ClFN7O2. The first kappa shape index (κ1) is 26.9. The molecule has 1 saturated heterocycles. The Labute approximate surface area is 231 Å². The van der Waals surface area contributed by atoms with E-state index in [2.05, 4.69) is 20.6 Å². The summed E-state index contributed by atoms with van der Waals surface area (Å²) in [7, 11) is 3.50. The van der Waals surface area contributed by atoms with Gasteiger partial charge in [0.15, 0.2) is 0 Å². The summed E-state index contributed by atoms with van der Waals surface area (Å²) in [6.45, 7) is 4.41. The Morgan fingerprint density at radius 3 is 2.69 bits per heavy atom. The van der Waals surface area contributed by atoms with Gasteiger partial charge in [0.05, 0.1) is 24.5 Å². The van der Waals surface area contributed by atoms with E-state index in [4.69, 9.17) is 21.4 Å². The Kier molecular flexibility index (Phi) is 7.97. The van der Waals surface area contributed by atoms with E-state index in [0.717, 1.165) is 28.1 Å². The Bertz CT molecular complexity index is 1440. The third kappa shape index (κ3) is 5.98. The molecule has 2 amide bonds. The number of nitrogens with one attached hydrogen (secondary N) is 2. The first-order valence-electron chi connectivity index (χ1n) is 12.7. The highest BCUT2D eigenvalue weighted by Gasteiger charge is 2.35. The summed E-state index contributed by atoms with van der Waals surface area (Å²) in [5.41, 5.74) is 3.94. The number of ether oxygens (including phenoxy) is 1. The zero-order valence-electron chi connectivity index (χ0n) is 22.1. The highest BCUT2D eigenvalue weighted by atomic mass is 35.5. The van der Waals surface area contributed by atoms with Crippen LogP contribution in [0.15, 0.2) is 60.9 Å². The second kappa shape index (κ2) is 11.6. The monoisotopic (exact) mass is 551 g/mol. The fraction of sp³-hybridized carbons (Fsp3) is 0.321. The van der Waals surface area contributed by atoms with Crippen LogP contribution in [-0.2, 0) is 11.8 Å². The quantitative estimate of drug-likeness (QED) is 0.334. The predicted molar refractivity (Wildman–Crippen MR) is 149 cm³/mol. The number of rotatable bonds is 8. The van der Waals surface area contributed by atoms with Crippen molar-refractivity contribution in [3.8, 4) is 16.9 Å². The fourth-order valence-corrected chi connectivity index (χ4v) is 5.32. The van der Waals surface area contributed by atoms with Crippen molar-refractivity contribution in [1.29, 1.82) is 0 Å². The van der Waals surface area contributed by atoms with Crippen molar-refractivity contribution in [3.05, 3.63) is 82.9 Å². The van der Waals surface area contributed by atoms with Gasteiger partial charge in [0, 0.05) is 62.1 Å². The standard InChI is InChI=1S/C28H31ClFN7O2/c1-18-26(20-14-31-35(2)15-20)34-37(23-7-5-4-6-8-23)27(18)33-28(38)32-25-17-36(9-10-39-3)16-24(25)19-11-21(29)13-22(30)12-19/h4-8,11-15,24-25H,9-10,16-17H2,1-3H3,(H2,32,33,38)/t24-,25+/m1/s1. The van der Waals surface area contributed by atoms with Crippen molar-refractivity contribution in [2.75, 3.05) is 38.7 Å². The number of hydrogen-bond acceptors (Lipinski definition) is 5. The number of urea groups is 1. The highest BCUT2D eigenvalue weighted by molar-refractivity contribution is 6.30. The molecule has 4 aromatic rings. The number of carbonyl (C=O) groups is 1. The lowest BCUT2D eigenvalue weighted by molar-refractivity contribution is 0.159. The number of para-hydroxylation sites is 1. The summed E-state index contributed by atoms with van der Waals surface area (Å²) >= 11 is 6.17. The summed E-state index contributed by atoms with van der Waals surface area (Å²) in [6.07, 6.45) is 3.63. The molecule has 9 nitrogen and oxygen atoms in total. The smallest absolute Gasteiger partial charge is 0.320 e. The van der Waals surface area contributed by atoms with Crippen LogP contribution in [0.2, 0.25) is 5.02 Å². The average Bonchev–Trinajstić information content (AvgIpc) is 3.60. The number of methoxy groups -OCH3 is 1. The number of anilines is 1. The number of likely N-dealkylation sites (tertiary alicyclic amines) is 1. The molecule has 1 aliphatic heterocycles. The van der Waals surface area contributed by atoms with Crippen LogP contribution in [0.25, 0.3) is 16.9 Å². The average molecular weight is 552 g/mol. The van der Waals surface area contributed by atoms with E-state index in [0.29, 0.717) is 37.1 Å². The molecule has 1 fully saturated rings. The van der Waals surface area contributed by atoms with E-state index in [1.807, 2.05) is 50.5 Å². The number of benzene rings is 2. The number of halogens is 2. The van der Waals surface area contributed by atoms with Crippen LogP contribution in [0.4, 0.5) is 15.0 Å². The maximum absolute atomic E-state index is 14.2. The van der Waals surface area contributed by atoms with Crippen LogP contribution in [0.5, 0.6) is 0 Å². The summed E-state index contributed by atoms with van der Waals surface area (Å²) < 4.78 is 22.9. The van der Waals surface area contributed by atoms with E-state index in [1.54, 1.807) is 28.7 Å². The summed E-state index contributed by atoms with van der Waals surface area (Å²) in [6, 6.07) is 13.5. The van der Waals surface area contributed by atoms with Crippen LogP contribution in [0.3, 0.4) is 0 Å². The van der Waals surface area contributed by atoms with E-state index in [9.17, 15) is 9.18 Å². The molecule has 0 unspecified atom stereocenters. The van der Waals surface area contributed by atoms with E-state index < -0.39 is 5.82 Å². The van der Waals surface area contributed by atoms with E-state index in [1.165, 1.54) is 12.1 Å². The summed E-state index contributed by atoms with van der Waals surface area (Å²) in [4.78, 5) is 15.7. The molecule has 204 valence electrons. The van der Waals surface area contributed by atoms with Crippen LogP contribution in [0, 0.1) is 12.7 Å². The van der Waals surface area contributed by atoms with Gasteiger partial charge in [0.25, 0.3) is 0 Å². The second-order valence-electron chi connectivity index (χ2n) is 9.74. The van der Waals surface area contributed by atoms with Crippen molar-refractivity contribution in [2.45, 2.75) is 18.9 Å². The maximum atomic E-state index is 14.2. The molecule has 0 radical (unpaired) electrons. The van der Waals surface area contributed by atoms with Gasteiger partial charge in [-0.15, -0.1) is 0 Å². The number of hydrogen-bond donors (Lipinski definition) is 2. The summed E-state index contributed by atoms with van der Waals surface area (Å²) in [5.74, 6) is 0.00499. The first-order chi connectivity index (χ1) is 18.8. The number of nitrogens with zero attached hydrogens (tertiary/aromatic N) is 5. The van der Waals surface area contributed by atoms with Crippen molar-refractivity contribution in [3.63, 3.8) is 0 Å². The molecule has 2 atom stereocenters. The molecule has 0 aliphatic carbocycles. The minimum Gasteiger partial charge on any atom is -0.383 e. The molecule has 0 saturated carbocycles. The second-order valence-corrected chi connectivity index (χ2v) is 10.2. The third-order valence-electron chi connectivity index (χ3n) is 6.97. The van der Waals surface area contributed by atoms with Gasteiger partial charge in [0.1, 0.15) is 17.3 Å². The number of carbonyl (C=O) groups excluding carboxylic acids is 1. The van der Waals surface area contributed by atoms with E-state index >= 15 is 0 Å². The SMILES string of the molecule is COCCN1C[C@H](NC(=O)Nc2c(C)c(-c3cnn(C)c3)nn2-c2ccccc2)[C@@H](c2cc(F)cc(Cl)c2)C1.